The van der Waals surface area contributed by atoms with E-state index >= 15 is 0 Å². The highest BCUT2D eigenvalue weighted by atomic mass is 127. The van der Waals surface area contributed by atoms with Gasteiger partial charge in [0.1, 0.15) is 0 Å². The van der Waals surface area contributed by atoms with E-state index in [9.17, 15) is 0 Å². The summed E-state index contributed by atoms with van der Waals surface area (Å²) in [5.74, 6) is 0.473. The largest absolute Gasteiger partial charge is 0.340 e. The first kappa shape index (κ1) is 29.0. The smallest absolute Gasteiger partial charge is 0.165 e. The van der Waals surface area contributed by atoms with Crippen LogP contribution in [0.25, 0.3) is 0 Å². The summed E-state index contributed by atoms with van der Waals surface area (Å²) in [6.07, 6.45) is -1.22. The summed E-state index contributed by atoms with van der Waals surface area (Å²) in [7, 11) is 0. The van der Waals surface area contributed by atoms with Gasteiger partial charge < -0.3 is 4.89 Å². The summed E-state index contributed by atoms with van der Waals surface area (Å²) in [6, 6.07) is 32.8. The van der Waals surface area contributed by atoms with E-state index in [1.165, 1.54) is 30.1 Å². The minimum atomic E-state index is -1.22. The summed E-state index contributed by atoms with van der Waals surface area (Å²) in [6.45, 7) is 8.32. The summed E-state index contributed by atoms with van der Waals surface area (Å²) in [5, 5.41) is 8.13. The third-order valence-electron chi connectivity index (χ3n) is 4.71. The molecule has 1 N–H and O–H groups in total. The van der Waals surface area contributed by atoms with Gasteiger partial charge in [-0.25, -0.2) is 5.26 Å². The summed E-state index contributed by atoms with van der Waals surface area (Å²) in [5.41, 5.74) is 5.06. The van der Waals surface area contributed by atoms with Gasteiger partial charge in [0.25, 0.3) is 0 Å². The highest BCUT2D eigenvalue weighted by molar-refractivity contribution is 14.2. The number of aryl methyl sites for hydroxylation is 4. The normalized spacial score (nSPS) is 10.8. The second-order valence-corrected chi connectivity index (χ2v) is 18.7. The number of hydrogen-bond donors (Lipinski definition) is 2. The fourth-order valence-corrected chi connectivity index (χ4v) is 7.41. The van der Waals surface area contributed by atoms with E-state index in [1.54, 1.807) is 12.1 Å². The molecule has 0 unspecified atom stereocenters. The fourth-order valence-electron chi connectivity index (χ4n) is 2.91. The molecule has 0 radical (unpaired) electrons. The maximum Gasteiger partial charge on any atom is 0.165 e. The van der Waals surface area contributed by atoms with E-state index in [-0.39, 0.29) is 0 Å². The Morgan fingerprint density at radius 3 is 1.44 bits per heavy atom. The van der Waals surface area contributed by atoms with Gasteiger partial charge >= 0.3 is 0 Å². The van der Waals surface area contributed by atoms with Crippen molar-refractivity contribution in [3.05, 3.63) is 123 Å². The monoisotopic (exact) mass is 716 g/mol. The Bertz CT molecular complexity index is 1110. The van der Waals surface area contributed by atoms with Crippen molar-refractivity contribution >= 4 is 61.7 Å². The Morgan fingerprint density at radius 2 is 1.09 bits per heavy atom. The van der Waals surface area contributed by atoms with Crippen molar-refractivity contribution in [2.24, 2.45) is 0 Å². The van der Waals surface area contributed by atoms with Crippen molar-refractivity contribution in [2.45, 2.75) is 37.5 Å². The molecule has 0 saturated carbocycles. The molecule has 6 heteroatoms. The molecule has 0 amide bonds. The first-order chi connectivity index (χ1) is 16.1. The number of benzene rings is 4. The Kier molecular flexibility index (Phi) is 12.3. The third kappa shape index (κ3) is 9.81. The Labute approximate surface area is 235 Å². The van der Waals surface area contributed by atoms with Gasteiger partial charge in [-0.2, -0.15) is 0 Å². The van der Waals surface area contributed by atoms with Crippen LogP contribution in [0.3, 0.4) is 0 Å². The maximum absolute atomic E-state index is 8.13. The highest BCUT2D eigenvalue weighted by Gasteiger charge is 2.21. The second kappa shape index (κ2) is 14.4. The molecule has 0 fully saturated rings. The third-order valence-corrected chi connectivity index (χ3v) is 11.5. The van der Waals surface area contributed by atoms with Crippen molar-refractivity contribution < 1.29 is 10.1 Å². The molecule has 0 aromatic heterocycles. The van der Waals surface area contributed by atoms with Crippen LogP contribution in [-0.2, 0) is 0 Å². The van der Waals surface area contributed by atoms with Gasteiger partial charge in [0.15, 0.2) is 5.75 Å². The van der Waals surface area contributed by atoms with E-state index in [2.05, 4.69) is 142 Å². The standard InChI is InChI=1S/C14H15IS2.C7H7I.C7H8O2/c1-11-5-3-7-13(9-11)17(15,16)14-8-4-6-12(2)10-14;1-6-3-2-4-7(8)5-6;1-6-2-4-7(9-8)5-3-6/h3-10,16H,1-2H3;2-5H,1H3;2-5,8H,1H3. The Balaban J connectivity index is 0.000000201. The van der Waals surface area contributed by atoms with Crippen LogP contribution in [0.15, 0.2) is 107 Å². The van der Waals surface area contributed by atoms with Gasteiger partial charge in [-0.3, -0.25) is 0 Å². The van der Waals surface area contributed by atoms with Crippen molar-refractivity contribution in [1.29, 1.82) is 0 Å². The molecular weight excluding hydrogens is 686 g/mol. The van der Waals surface area contributed by atoms with E-state index in [0.717, 1.165) is 5.56 Å². The molecule has 4 rings (SSSR count). The Morgan fingerprint density at radius 1 is 0.647 bits per heavy atom. The van der Waals surface area contributed by atoms with Crippen LogP contribution < -0.4 is 4.89 Å². The molecule has 2 nitrogen and oxygen atoms in total. The molecule has 0 saturated heterocycles. The Hall–Kier alpha value is -1.20. The average Bonchev–Trinajstić information content (AvgIpc) is 2.80. The zero-order valence-corrected chi connectivity index (χ0v) is 25.7. The van der Waals surface area contributed by atoms with E-state index < -0.39 is 6.23 Å². The van der Waals surface area contributed by atoms with Crippen LogP contribution in [0.4, 0.5) is 0 Å². The lowest BCUT2D eigenvalue weighted by molar-refractivity contribution is -0.137. The van der Waals surface area contributed by atoms with Crippen molar-refractivity contribution in [3.8, 4) is 5.75 Å². The number of halogens is 2. The molecule has 34 heavy (non-hydrogen) atoms. The molecule has 4 aromatic carbocycles. The second-order valence-electron chi connectivity index (χ2n) is 7.84. The number of thiol groups is 1. The predicted molar refractivity (Wildman–Crippen MR) is 168 cm³/mol. The number of rotatable bonds is 3. The summed E-state index contributed by atoms with van der Waals surface area (Å²) in [4.78, 5) is 6.59. The quantitative estimate of drug-likeness (QED) is 0.0727. The molecule has 0 aliphatic heterocycles. The molecule has 0 aliphatic rings. The van der Waals surface area contributed by atoms with Crippen LogP contribution in [0, 0.1) is 31.3 Å². The highest BCUT2D eigenvalue weighted by Crippen LogP contribution is 2.72. The average molecular weight is 716 g/mol. The van der Waals surface area contributed by atoms with E-state index in [1.807, 2.05) is 19.1 Å². The lowest BCUT2D eigenvalue weighted by atomic mass is 10.2. The lowest BCUT2D eigenvalue weighted by Gasteiger charge is -2.28. The molecule has 0 atom stereocenters. The first-order valence-electron chi connectivity index (χ1n) is 10.6. The molecule has 4 aromatic rings. The fraction of sp³-hybridized carbons (Fsp3) is 0.143. The number of hydrogen-bond acceptors (Lipinski definition) is 3. The molecule has 0 aliphatic carbocycles. The topological polar surface area (TPSA) is 29.5 Å². The lowest BCUT2D eigenvalue weighted by Crippen LogP contribution is -1.88. The van der Waals surface area contributed by atoms with Crippen LogP contribution in [0.5, 0.6) is 5.75 Å². The first-order valence-corrected chi connectivity index (χ1v) is 16.9. The van der Waals surface area contributed by atoms with Crippen LogP contribution >= 0.6 is 61.7 Å². The zero-order chi connectivity index (χ0) is 25.1. The minimum Gasteiger partial charge on any atom is -0.340 e. The van der Waals surface area contributed by atoms with Gasteiger partial charge in [0, 0.05) is 13.4 Å². The molecule has 180 valence electrons. The maximum atomic E-state index is 8.13. The summed E-state index contributed by atoms with van der Waals surface area (Å²) < 4.78 is 1.31. The van der Waals surface area contributed by atoms with Gasteiger partial charge in [0.05, 0.1) is 0 Å². The van der Waals surface area contributed by atoms with Crippen molar-refractivity contribution in [3.63, 3.8) is 0 Å². The van der Waals surface area contributed by atoms with Crippen LogP contribution in [0.1, 0.15) is 22.3 Å². The predicted octanol–water partition coefficient (Wildman–Crippen LogP) is 10.2. The van der Waals surface area contributed by atoms with E-state index in [0.29, 0.717) is 5.75 Å². The van der Waals surface area contributed by atoms with Gasteiger partial charge in [-0.05, 0) is 120 Å². The van der Waals surface area contributed by atoms with E-state index in [4.69, 9.17) is 16.9 Å². The van der Waals surface area contributed by atoms with Gasteiger partial charge in [-0.1, -0.05) is 77.0 Å². The molecule has 0 bridgehead atoms. The van der Waals surface area contributed by atoms with Gasteiger partial charge in [0.2, 0.25) is 0 Å². The molecule has 0 heterocycles. The molecular formula is C28H30I2O2S2. The van der Waals surface area contributed by atoms with Crippen LogP contribution in [0.2, 0.25) is 0 Å². The minimum absolute atomic E-state index is 0.473. The van der Waals surface area contributed by atoms with Crippen molar-refractivity contribution in [2.75, 3.05) is 0 Å². The zero-order valence-electron chi connectivity index (χ0n) is 19.7. The van der Waals surface area contributed by atoms with Crippen LogP contribution in [-0.4, -0.2) is 5.26 Å². The summed E-state index contributed by atoms with van der Waals surface area (Å²) >= 11 is 9.72. The van der Waals surface area contributed by atoms with Crippen molar-refractivity contribution in [1.82, 2.24) is 0 Å². The van der Waals surface area contributed by atoms with Gasteiger partial charge in [-0.15, -0.1) is 11.7 Å². The molecule has 0 spiro atoms. The SMILES string of the molecule is Cc1ccc(OO)cc1.Cc1cccc(I)c1.Cc1cccc(S(S)(I)c2cccc(C)c2)c1.